The maximum absolute atomic E-state index is 5.41. The Morgan fingerprint density at radius 1 is 0.647 bits per heavy atom. The number of unbranched alkanes of at least 4 members (excludes halogenated alkanes) is 6. The van der Waals surface area contributed by atoms with E-state index in [1.54, 1.807) is 12.5 Å². The number of hydrogen-bond acceptors (Lipinski definition) is 3. The largest absolute Gasteiger partial charge is 0.473 e. The summed E-state index contributed by atoms with van der Waals surface area (Å²) in [6.07, 6.45) is 16.8. The van der Waals surface area contributed by atoms with Gasteiger partial charge in [0.25, 0.3) is 0 Å². The van der Waals surface area contributed by atoms with Crippen LogP contribution in [0.5, 0.6) is 0 Å². The molecule has 0 atom stereocenters. The number of allylic oxidation sites excluding steroid dienone is 2. The summed E-state index contributed by atoms with van der Waals surface area (Å²) in [4.78, 5) is 0. The maximum Gasteiger partial charge on any atom is 0.0861 e. The molecule has 0 radical (unpaired) electrons. The summed E-state index contributed by atoms with van der Waals surface area (Å²) < 4.78 is 5.24. The van der Waals surface area contributed by atoms with E-state index in [1.807, 2.05) is 0 Å². The molecule has 100 valence electrons. The standard InChI is InChI=1S/C14H28N2O/c15-11-7-3-1-5-9-13-17-14-10-6-2-4-8-12-16/h9-10,13-14H,1-8,11-12,15-16H2. The van der Waals surface area contributed by atoms with Gasteiger partial charge in [-0.05, 0) is 63.8 Å². The van der Waals surface area contributed by atoms with Crippen molar-refractivity contribution >= 4 is 0 Å². The molecule has 0 heterocycles. The van der Waals surface area contributed by atoms with Crippen molar-refractivity contribution in [2.75, 3.05) is 13.1 Å². The molecule has 0 fully saturated rings. The zero-order valence-electron chi connectivity index (χ0n) is 10.9. The summed E-state index contributed by atoms with van der Waals surface area (Å²) in [5.41, 5.74) is 10.8. The van der Waals surface area contributed by atoms with Gasteiger partial charge in [0.2, 0.25) is 0 Å². The molecule has 4 N–H and O–H groups in total. The first-order valence-corrected chi connectivity index (χ1v) is 6.77. The van der Waals surface area contributed by atoms with E-state index in [0.717, 1.165) is 38.8 Å². The topological polar surface area (TPSA) is 61.3 Å². The minimum atomic E-state index is 0.799. The normalized spacial score (nSPS) is 11.6. The first kappa shape index (κ1) is 16.2. The van der Waals surface area contributed by atoms with Gasteiger partial charge in [0.15, 0.2) is 0 Å². The van der Waals surface area contributed by atoms with Crippen LogP contribution >= 0.6 is 0 Å². The van der Waals surface area contributed by atoms with Gasteiger partial charge in [0.05, 0.1) is 12.5 Å². The zero-order chi connectivity index (χ0) is 12.6. The van der Waals surface area contributed by atoms with Crippen molar-refractivity contribution in [3.63, 3.8) is 0 Å². The Labute approximate surface area is 106 Å². The molecule has 0 aliphatic rings. The smallest absolute Gasteiger partial charge is 0.0861 e. The molecule has 0 aliphatic heterocycles. The fraction of sp³-hybridized carbons (Fsp3) is 0.714. The van der Waals surface area contributed by atoms with E-state index < -0.39 is 0 Å². The van der Waals surface area contributed by atoms with Crippen molar-refractivity contribution < 1.29 is 4.74 Å². The monoisotopic (exact) mass is 240 g/mol. The number of nitrogens with two attached hydrogens (primary N) is 2. The van der Waals surface area contributed by atoms with Crippen LogP contribution in [-0.2, 0) is 4.74 Å². The van der Waals surface area contributed by atoms with E-state index in [1.165, 1.54) is 25.7 Å². The van der Waals surface area contributed by atoms with Crippen molar-refractivity contribution in [2.45, 2.75) is 51.4 Å². The Kier molecular flexibility index (Phi) is 14.5. The molecule has 0 rings (SSSR count). The van der Waals surface area contributed by atoms with E-state index >= 15 is 0 Å². The quantitative estimate of drug-likeness (QED) is 0.407. The van der Waals surface area contributed by atoms with Crippen LogP contribution in [0.4, 0.5) is 0 Å². The second-order valence-corrected chi connectivity index (χ2v) is 4.16. The summed E-state index contributed by atoms with van der Waals surface area (Å²) in [6.45, 7) is 1.60. The van der Waals surface area contributed by atoms with Gasteiger partial charge in [-0.15, -0.1) is 0 Å². The Hall–Kier alpha value is -0.800. The Morgan fingerprint density at radius 2 is 1.12 bits per heavy atom. The van der Waals surface area contributed by atoms with Gasteiger partial charge in [0, 0.05) is 0 Å². The summed E-state index contributed by atoms with van der Waals surface area (Å²) in [5.74, 6) is 0. The molecule has 0 aromatic heterocycles. The summed E-state index contributed by atoms with van der Waals surface area (Å²) in [5, 5.41) is 0. The Morgan fingerprint density at radius 3 is 1.53 bits per heavy atom. The lowest BCUT2D eigenvalue weighted by Crippen LogP contribution is -1.97. The van der Waals surface area contributed by atoms with Crippen LogP contribution in [0.1, 0.15) is 51.4 Å². The van der Waals surface area contributed by atoms with Crippen molar-refractivity contribution in [2.24, 2.45) is 11.5 Å². The fourth-order valence-corrected chi connectivity index (χ4v) is 1.46. The minimum Gasteiger partial charge on any atom is -0.473 e. The highest BCUT2D eigenvalue weighted by Crippen LogP contribution is 2.01. The van der Waals surface area contributed by atoms with Crippen LogP contribution in [0.2, 0.25) is 0 Å². The average molecular weight is 240 g/mol. The van der Waals surface area contributed by atoms with Crippen LogP contribution in [0.25, 0.3) is 0 Å². The molecular weight excluding hydrogens is 212 g/mol. The molecule has 0 saturated heterocycles. The lowest BCUT2D eigenvalue weighted by Gasteiger charge is -1.95. The van der Waals surface area contributed by atoms with Crippen LogP contribution < -0.4 is 11.5 Å². The van der Waals surface area contributed by atoms with Crippen LogP contribution in [0.15, 0.2) is 24.7 Å². The molecule has 3 heteroatoms. The predicted octanol–water partition coefficient (Wildman–Crippen LogP) is 3.07. The highest BCUT2D eigenvalue weighted by atomic mass is 16.5. The Balaban J connectivity index is 3.14. The van der Waals surface area contributed by atoms with Gasteiger partial charge in [-0.3, -0.25) is 0 Å². The minimum absolute atomic E-state index is 0.799. The van der Waals surface area contributed by atoms with Gasteiger partial charge in [-0.1, -0.05) is 12.8 Å². The Bertz CT molecular complexity index is 171. The summed E-state index contributed by atoms with van der Waals surface area (Å²) in [6, 6.07) is 0. The molecule has 17 heavy (non-hydrogen) atoms. The fourth-order valence-electron chi connectivity index (χ4n) is 1.46. The lowest BCUT2D eigenvalue weighted by atomic mass is 10.2. The highest BCUT2D eigenvalue weighted by Gasteiger charge is 1.85. The molecule has 0 unspecified atom stereocenters. The van der Waals surface area contributed by atoms with E-state index in [9.17, 15) is 0 Å². The van der Waals surface area contributed by atoms with E-state index in [0.29, 0.717) is 0 Å². The van der Waals surface area contributed by atoms with Crippen molar-refractivity contribution in [1.82, 2.24) is 0 Å². The van der Waals surface area contributed by atoms with Crippen molar-refractivity contribution in [1.29, 1.82) is 0 Å². The predicted molar refractivity (Wildman–Crippen MR) is 74.4 cm³/mol. The van der Waals surface area contributed by atoms with Gasteiger partial charge in [-0.25, -0.2) is 0 Å². The summed E-state index contributed by atoms with van der Waals surface area (Å²) in [7, 11) is 0. The molecule has 0 spiro atoms. The first-order valence-electron chi connectivity index (χ1n) is 6.77. The second kappa shape index (κ2) is 15.2. The van der Waals surface area contributed by atoms with Crippen LogP contribution in [-0.4, -0.2) is 13.1 Å². The molecular formula is C14H28N2O. The summed E-state index contributed by atoms with van der Waals surface area (Å²) >= 11 is 0. The molecule has 0 amide bonds. The van der Waals surface area contributed by atoms with E-state index in [4.69, 9.17) is 16.2 Å². The van der Waals surface area contributed by atoms with Gasteiger partial charge >= 0.3 is 0 Å². The molecule has 0 aromatic carbocycles. The van der Waals surface area contributed by atoms with Crippen molar-refractivity contribution in [3.8, 4) is 0 Å². The van der Waals surface area contributed by atoms with Gasteiger partial charge in [0.1, 0.15) is 0 Å². The second-order valence-electron chi connectivity index (χ2n) is 4.16. The third-order valence-corrected chi connectivity index (χ3v) is 2.50. The van der Waals surface area contributed by atoms with Crippen LogP contribution in [0.3, 0.4) is 0 Å². The SMILES string of the molecule is NCCCCCC=COC=CCCCCCN. The molecule has 3 nitrogen and oxygen atoms in total. The molecule has 0 saturated carbocycles. The number of hydrogen-bond donors (Lipinski definition) is 2. The zero-order valence-corrected chi connectivity index (χ0v) is 10.9. The van der Waals surface area contributed by atoms with E-state index in [2.05, 4.69) is 12.2 Å². The van der Waals surface area contributed by atoms with E-state index in [-0.39, 0.29) is 0 Å². The van der Waals surface area contributed by atoms with Crippen LogP contribution in [0, 0.1) is 0 Å². The van der Waals surface area contributed by atoms with Crippen molar-refractivity contribution in [3.05, 3.63) is 24.7 Å². The molecule has 0 aliphatic carbocycles. The molecule has 0 bridgehead atoms. The van der Waals surface area contributed by atoms with Gasteiger partial charge < -0.3 is 16.2 Å². The first-order chi connectivity index (χ1) is 8.41. The lowest BCUT2D eigenvalue weighted by molar-refractivity contribution is 0.398. The average Bonchev–Trinajstić information content (AvgIpc) is 2.35. The number of rotatable bonds is 12. The highest BCUT2D eigenvalue weighted by molar-refractivity contribution is 4.79. The molecule has 0 aromatic rings. The van der Waals surface area contributed by atoms with Gasteiger partial charge in [-0.2, -0.15) is 0 Å². The third kappa shape index (κ3) is 15.2. The maximum atomic E-state index is 5.41. The number of ether oxygens (including phenoxy) is 1. The third-order valence-electron chi connectivity index (χ3n) is 2.50.